The van der Waals surface area contributed by atoms with E-state index in [-0.39, 0.29) is 12.1 Å². The molecule has 1 aromatic rings. The van der Waals surface area contributed by atoms with Gasteiger partial charge in [0.05, 0.1) is 13.2 Å². The van der Waals surface area contributed by atoms with Crippen LogP contribution in [0.25, 0.3) is 0 Å². The van der Waals surface area contributed by atoms with Crippen molar-refractivity contribution in [2.75, 3.05) is 26.2 Å². The third kappa shape index (κ3) is 3.73. The minimum atomic E-state index is -0.0120. The van der Waals surface area contributed by atoms with Gasteiger partial charge in [-0.05, 0) is 24.0 Å². The molecular formula is C16H24N2O2. The molecule has 1 atom stereocenters. The number of urea groups is 1. The van der Waals surface area contributed by atoms with E-state index in [4.69, 9.17) is 4.74 Å². The molecule has 110 valence electrons. The quantitative estimate of drug-likeness (QED) is 0.918. The zero-order valence-electron chi connectivity index (χ0n) is 12.4. The van der Waals surface area contributed by atoms with Crippen LogP contribution >= 0.6 is 0 Å². The molecule has 2 rings (SSSR count). The summed E-state index contributed by atoms with van der Waals surface area (Å²) < 4.78 is 5.80. The van der Waals surface area contributed by atoms with Crippen molar-refractivity contribution in [2.24, 2.45) is 0 Å². The van der Waals surface area contributed by atoms with Crippen molar-refractivity contribution in [1.82, 2.24) is 10.2 Å². The predicted octanol–water partition coefficient (Wildman–Crippen LogP) is 2.74. The third-order valence-corrected chi connectivity index (χ3v) is 3.64. The highest BCUT2D eigenvalue weighted by atomic mass is 16.5. The number of aryl methyl sites for hydroxylation is 1. The summed E-state index contributed by atoms with van der Waals surface area (Å²) in [7, 11) is 0. The van der Waals surface area contributed by atoms with Crippen LogP contribution in [0, 0.1) is 0 Å². The molecule has 1 aliphatic rings. The van der Waals surface area contributed by atoms with Gasteiger partial charge in [-0.1, -0.05) is 38.1 Å². The summed E-state index contributed by atoms with van der Waals surface area (Å²) >= 11 is 0. The molecular weight excluding hydrogens is 252 g/mol. The van der Waals surface area contributed by atoms with E-state index in [1.165, 1.54) is 5.56 Å². The fraction of sp³-hybridized carbons (Fsp3) is 0.562. The summed E-state index contributed by atoms with van der Waals surface area (Å²) in [6, 6.07) is 8.50. The number of hydrogen-bond acceptors (Lipinski definition) is 2. The van der Waals surface area contributed by atoms with Gasteiger partial charge in [-0.25, -0.2) is 4.79 Å². The monoisotopic (exact) mass is 276 g/mol. The molecule has 4 nitrogen and oxygen atoms in total. The lowest BCUT2D eigenvalue weighted by molar-refractivity contribution is -0.0154. The van der Waals surface area contributed by atoms with Crippen molar-refractivity contribution in [3.8, 4) is 0 Å². The van der Waals surface area contributed by atoms with Crippen LogP contribution in [0.4, 0.5) is 4.79 Å². The number of carbonyl (C=O) groups is 1. The molecule has 4 heteroatoms. The Kier molecular flexibility index (Phi) is 5.41. The Morgan fingerprint density at radius 1 is 1.35 bits per heavy atom. The molecule has 1 heterocycles. The molecule has 0 radical (unpaired) electrons. The Labute approximate surface area is 121 Å². The molecule has 0 bridgehead atoms. The average Bonchev–Trinajstić information content (AvgIpc) is 2.52. The van der Waals surface area contributed by atoms with Crippen LogP contribution in [0.5, 0.6) is 0 Å². The first-order chi connectivity index (χ1) is 9.74. The molecule has 20 heavy (non-hydrogen) atoms. The lowest BCUT2D eigenvalue weighted by Gasteiger charge is -2.33. The number of morpholine rings is 1. The summed E-state index contributed by atoms with van der Waals surface area (Å²) in [5.41, 5.74) is 2.47. The molecule has 1 saturated heterocycles. The van der Waals surface area contributed by atoms with E-state index < -0.39 is 0 Å². The Morgan fingerprint density at radius 2 is 2.10 bits per heavy atom. The largest absolute Gasteiger partial charge is 0.370 e. The van der Waals surface area contributed by atoms with E-state index >= 15 is 0 Å². The number of amides is 2. The van der Waals surface area contributed by atoms with E-state index in [9.17, 15) is 4.79 Å². The second-order valence-corrected chi connectivity index (χ2v) is 5.13. The van der Waals surface area contributed by atoms with E-state index in [1.54, 1.807) is 0 Å². The SMILES string of the molecule is CCCNC(=O)N1CCOC(c2ccc(CC)cc2)C1. The van der Waals surface area contributed by atoms with E-state index in [2.05, 4.69) is 43.4 Å². The Morgan fingerprint density at radius 3 is 2.75 bits per heavy atom. The van der Waals surface area contributed by atoms with Gasteiger partial charge >= 0.3 is 6.03 Å². The molecule has 0 spiro atoms. The topological polar surface area (TPSA) is 41.6 Å². The molecule has 0 aliphatic carbocycles. The fourth-order valence-corrected chi connectivity index (χ4v) is 2.35. The summed E-state index contributed by atoms with van der Waals surface area (Å²) in [4.78, 5) is 13.8. The minimum Gasteiger partial charge on any atom is -0.370 e. The summed E-state index contributed by atoms with van der Waals surface area (Å²) in [5.74, 6) is 0. The van der Waals surface area contributed by atoms with Crippen LogP contribution in [-0.4, -0.2) is 37.2 Å². The van der Waals surface area contributed by atoms with Gasteiger partial charge in [-0.3, -0.25) is 0 Å². The van der Waals surface area contributed by atoms with Crippen molar-refractivity contribution >= 4 is 6.03 Å². The molecule has 1 aromatic carbocycles. The van der Waals surface area contributed by atoms with Crippen LogP contribution in [0.1, 0.15) is 37.5 Å². The van der Waals surface area contributed by atoms with Gasteiger partial charge in [0.15, 0.2) is 0 Å². The van der Waals surface area contributed by atoms with Gasteiger partial charge in [-0.2, -0.15) is 0 Å². The van der Waals surface area contributed by atoms with Gasteiger partial charge in [0, 0.05) is 13.1 Å². The number of rotatable bonds is 4. The predicted molar refractivity (Wildman–Crippen MR) is 79.8 cm³/mol. The third-order valence-electron chi connectivity index (χ3n) is 3.64. The van der Waals surface area contributed by atoms with Crippen LogP contribution in [0.2, 0.25) is 0 Å². The molecule has 1 N–H and O–H groups in total. The lowest BCUT2D eigenvalue weighted by atomic mass is 10.0. The van der Waals surface area contributed by atoms with Crippen molar-refractivity contribution in [2.45, 2.75) is 32.8 Å². The molecule has 0 aromatic heterocycles. The molecule has 2 amide bonds. The zero-order valence-corrected chi connectivity index (χ0v) is 12.4. The van der Waals surface area contributed by atoms with Crippen molar-refractivity contribution in [3.63, 3.8) is 0 Å². The number of nitrogens with zero attached hydrogens (tertiary/aromatic N) is 1. The van der Waals surface area contributed by atoms with E-state index in [1.807, 2.05) is 4.90 Å². The van der Waals surface area contributed by atoms with Crippen molar-refractivity contribution in [3.05, 3.63) is 35.4 Å². The highest BCUT2D eigenvalue weighted by molar-refractivity contribution is 5.74. The van der Waals surface area contributed by atoms with Crippen LogP contribution < -0.4 is 5.32 Å². The van der Waals surface area contributed by atoms with Crippen LogP contribution in [-0.2, 0) is 11.2 Å². The lowest BCUT2D eigenvalue weighted by Crippen LogP contribution is -2.47. The highest BCUT2D eigenvalue weighted by Crippen LogP contribution is 2.22. The van der Waals surface area contributed by atoms with Gasteiger partial charge < -0.3 is 15.0 Å². The number of nitrogens with one attached hydrogen (secondary N) is 1. The maximum absolute atomic E-state index is 12.0. The summed E-state index contributed by atoms with van der Waals surface area (Å²) in [5, 5.41) is 2.92. The normalized spacial score (nSPS) is 18.9. The Bertz CT molecular complexity index is 431. The number of carbonyl (C=O) groups excluding carboxylic acids is 1. The van der Waals surface area contributed by atoms with Crippen LogP contribution in [0.15, 0.2) is 24.3 Å². The first kappa shape index (κ1) is 14.9. The smallest absolute Gasteiger partial charge is 0.317 e. The van der Waals surface area contributed by atoms with E-state index in [0.717, 1.165) is 24.9 Å². The number of hydrogen-bond donors (Lipinski definition) is 1. The number of benzene rings is 1. The fourth-order valence-electron chi connectivity index (χ4n) is 2.35. The van der Waals surface area contributed by atoms with E-state index in [0.29, 0.717) is 19.7 Å². The average molecular weight is 276 g/mol. The van der Waals surface area contributed by atoms with Gasteiger partial charge in [0.25, 0.3) is 0 Å². The van der Waals surface area contributed by atoms with Crippen LogP contribution in [0.3, 0.4) is 0 Å². The zero-order chi connectivity index (χ0) is 14.4. The summed E-state index contributed by atoms with van der Waals surface area (Å²) in [6.07, 6.45) is 1.98. The van der Waals surface area contributed by atoms with Gasteiger partial charge in [-0.15, -0.1) is 0 Å². The molecule has 1 aliphatic heterocycles. The first-order valence-corrected chi connectivity index (χ1v) is 7.47. The standard InChI is InChI=1S/C16H24N2O2/c1-3-9-17-16(19)18-10-11-20-15(12-18)14-7-5-13(4-2)6-8-14/h5-8,15H,3-4,9-12H2,1-2H3,(H,17,19). The molecule has 1 fully saturated rings. The maximum Gasteiger partial charge on any atom is 0.317 e. The Balaban J connectivity index is 1.96. The molecule has 1 unspecified atom stereocenters. The maximum atomic E-state index is 12.0. The van der Waals surface area contributed by atoms with Crippen molar-refractivity contribution in [1.29, 1.82) is 0 Å². The summed E-state index contributed by atoms with van der Waals surface area (Å²) in [6.45, 7) is 6.81. The minimum absolute atomic E-state index is 0.0120. The molecule has 0 saturated carbocycles. The second-order valence-electron chi connectivity index (χ2n) is 5.13. The highest BCUT2D eigenvalue weighted by Gasteiger charge is 2.24. The first-order valence-electron chi connectivity index (χ1n) is 7.47. The van der Waals surface area contributed by atoms with Crippen molar-refractivity contribution < 1.29 is 9.53 Å². The van der Waals surface area contributed by atoms with Gasteiger partial charge in [0.1, 0.15) is 6.10 Å². The number of ether oxygens (including phenoxy) is 1. The Hall–Kier alpha value is -1.55. The second kappa shape index (κ2) is 7.29. The van der Waals surface area contributed by atoms with Gasteiger partial charge in [0.2, 0.25) is 0 Å².